The molecule has 0 saturated carbocycles. The molecular formula is C20H25N3O. The topological polar surface area (TPSA) is 53.2 Å². The van der Waals surface area contributed by atoms with Gasteiger partial charge in [0.05, 0.1) is 0 Å². The van der Waals surface area contributed by atoms with Crippen molar-refractivity contribution in [3.8, 4) is 0 Å². The molecule has 1 aliphatic rings. The van der Waals surface area contributed by atoms with E-state index < -0.39 is 0 Å². The van der Waals surface area contributed by atoms with Gasteiger partial charge in [0.2, 0.25) is 0 Å². The van der Waals surface area contributed by atoms with Crippen molar-refractivity contribution < 1.29 is 4.79 Å². The number of hydrogen-bond donors (Lipinski definition) is 3. The number of carbonyl (C=O) groups is 1. The zero-order valence-corrected chi connectivity index (χ0v) is 14.6. The van der Waals surface area contributed by atoms with E-state index >= 15 is 0 Å². The normalized spacial score (nSPS) is 14.0. The van der Waals surface area contributed by atoms with Gasteiger partial charge in [0.15, 0.2) is 0 Å². The first kappa shape index (κ1) is 16.5. The Hall–Kier alpha value is -2.33. The minimum atomic E-state index is -0.215. The van der Waals surface area contributed by atoms with E-state index in [1.807, 2.05) is 18.2 Å². The minimum Gasteiger partial charge on any atom is -0.312 e. The van der Waals surface area contributed by atoms with Crippen molar-refractivity contribution in [1.82, 2.24) is 5.32 Å². The summed E-state index contributed by atoms with van der Waals surface area (Å²) < 4.78 is 0. The average Bonchev–Trinajstić information content (AvgIpc) is 2.54. The van der Waals surface area contributed by atoms with Crippen LogP contribution in [0.3, 0.4) is 0 Å². The third-order valence-electron chi connectivity index (χ3n) is 4.36. The van der Waals surface area contributed by atoms with E-state index in [1.165, 1.54) is 16.7 Å². The first-order chi connectivity index (χ1) is 11.4. The highest BCUT2D eigenvalue weighted by Gasteiger charge is 2.13. The third-order valence-corrected chi connectivity index (χ3v) is 4.36. The average molecular weight is 323 g/mol. The highest BCUT2D eigenvalue weighted by molar-refractivity contribution is 5.99. The molecule has 1 aliphatic heterocycles. The van der Waals surface area contributed by atoms with Gasteiger partial charge in [-0.3, -0.25) is 0 Å². The van der Waals surface area contributed by atoms with Crippen LogP contribution in [0.5, 0.6) is 0 Å². The first-order valence-electron chi connectivity index (χ1n) is 8.43. The van der Waals surface area contributed by atoms with Crippen molar-refractivity contribution in [2.45, 2.75) is 39.2 Å². The van der Waals surface area contributed by atoms with Crippen molar-refractivity contribution in [1.29, 1.82) is 0 Å². The molecule has 1 heterocycles. The molecule has 4 heteroatoms. The number of benzene rings is 2. The van der Waals surface area contributed by atoms with Crippen molar-refractivity contribution in [3.05, 3.63) is 59.2 Å². The van der Waals surface area contributed by atoms with Gasteiger partial charge in [-0.1, -0.05) is 39.0 Å². The molecule has 2 aromatic carbocycles. The summed E-state index contributed by atoms with van der Waals surface area (Å²) in [6, 6.07) is 13.9. The molecule has 0 unspecified atom stereocenters. The Morgan fingerprint density at radius 2 is 1.62 bits per heavy atom. The first-order valence-corrected chi connectivity index (χ1v) is 8.43. The van der Waals surface area contributed by atoms with Gasteiger partial charge in [-0.25, -0.2) is 4.79 Å². The number of rotatable bonds is 2. The summed E-state index contributed by atoms with van der Waals surface area (Å²) in [5.41, 5.74) is 5.60. The van der Waals surface area contributed by atoms with Crippen LogP contribution in [-0.4, -0.2) is 12.6 Å². The number of urea groups is 1. The highest BCUT2D eigenvalue weighted by Crippen LogP contribution is 2.24. The van der Waals surface area contributed by atoms with Crippen molar-refractivity contribution in [2.75, 3.05) is 17.2 Å². The summed E-state index contributed by atoms with van der Waals surface area (Å²) in [4.78, 5) is 12.2. The molecule has 3 N–H and O–H groups in total. The smallest absolute Gasteiger partial charge is 0.312 e. The van der Waals surface area contributed by atoms with Crippen LogP contribution in [-0.2, 0) is 18.4 Å². The lowest BCUT2D eigenvalue weighted by atomic mass is 9.87. The highest BCUT2D eigenvalue weighted by atomic mass is 16.2. The summed E-state index contributed by atoms with van der Waals surface area (Å²) in [5, 5.41) is 9.15. The Labute approximate surface area is 143 Å². The Morgan fingerprint density at radius 3 is 2.33 bits per heavy atom. The molecule has 0 atom stereocenters. The number of fused-ring (bicyclic) bond motifs is 1. The summed E-state index contributed by atoms with van der Waals surface area (Å²) in [7, 11) is 0. The fourth-order valence-electron chi connectivity index (χ4n) is 2.90. The maximum absolute atomic E-state index is 12.2. The fraction of sp³-hybridized carbons (Fsp3) is 0.350. The Balaban J connectivity index is 1.63. The van der Waals surface area contributed by atoms with Crippen molar-refractivity contribution in [2.24, 2.45) is 0 Å². The zero-order chi connectivity index (χ0) is 17.2. The summed E-state index contributed by atoms with van der Waals surface area (Å²) >= 11 is 0. The number of amides is 2. The van der Waals surface area contributed by atoms with Crippen LogP contribution in [0.2, 0.25) is 0 Å². The predicted octanol–water partition coefficient (Wildman–Crippen LogP) is 4.27. The summed E-state index contributed by atoms with van der Waals surface area (Å²) in [6.45, 7) is 8.42. The number of anilines is 2. The molecule has 2 aromatic rings. The molecule has 0 aromatic heterocycles. The predicted molar refractivity (Wildman–Crippen MR) is 99.6 cm³/mol. The van der Waals surface area contributed by atoms with Gasteiger partial charge in [-0.2, -0.15) is 0 Å². The molecule has 2 amide bonds. The Kier molecular flexibility index (Phi) is 4.58. The lowest BCUT2D eigenvalue weighted by Crippen LogP contribution is -2.24. The Morgan fingerprint density at radius 1 is 0.958 bits per heavy atom. The molecule has 0 radical (unpaired) electrons. The molecule has 24 heavy (non-hydrogen) atoms. The second-order valence-electron chi connectivity index (χ2n) is 7.32. The van der Waals surface area contributed by atoms with E-state index in [2.05, 4.69) is 61.0 Å². The van der Waals surface area contributed by atoms with Gasteiger partial charge in [0.25, 0.3) is 0 Å². The largest absolute Gasteiger partial charge is 0.323 e. The number of carbonyl (C=O) groups excluding carboxylic acids is 1. The lowest BCUT2D eigenvalue weighted by molar-refractivity contribution is 0.262. The molecule has 0 bridgehead atoms. The summed E-state index contributed by atoms with van der Waals surface area (Å²) in [6.07, 6.45) is 1.00. The van der Waals surface area contributed by atoms with Gasteiger partial charge in [0, 0.05) is 17.9 Å². The van der Waals surface area contributed by atoms with Gasteiger partial charge >= 0.3 is 6.03 Å². The molecule has 0 aliphatic carbocycles. The zero-order valence-electron chi connectivity index (χ0n) is 14.6. The van der Waals surface area contributed by atoms with Crippen molar-refractivity contribution in [3.63, 3.8) is 0 Å². The van der Waals surface area contributed by atoms with Crippen molar-refractivity contribution >= 4 is 17.4 Å². The molecular weight excluding hydrogens is 298 g/mol. The minimum absolute atomic E-state index is 0.110. The second kappa shape index (κ2) is 6.65. The maximum atomic E-state index is 12.2. The maximum Gasteiger partial charge on any atom is 0.323 e. The van der Waals surface area contributed by atoms with E-state index in [0.717, 1.165) is 30.9 Å². The fourth-order valence-corrected chi connectivity index (χ4v) is 2.90. The van der Waals surface area contributed by atoms with Crippen LogP contribution < -0.4 is 16.0 Å². The number of nitrogens with one attached hydrogen (secondary N) is 3. The van der Waals surface area contributed by atoms with Crippen LogP contribution in [0.25, 0.3) is 0 Å². The van der Waals surface area contributed by atoms with Gasteiger partial charge in [-0.15, -0.1) is 0 Å². The third kappa shape index (κ3) is 3.95. The SMILES string of the molecule is CC(C)(C)c1ccc(NC(=O)Nc2ccc3c(c2)CCNC3)cc1. The van der Waals surface area contributed by atoms with E-state index in [0.29, 0.717) is 0 Å². The Bertz CT molecular complexity index is 730. The van der Waals surface area contributed by atoms with E-state index in [4.69, 9.17) is 0 Å². The number of hydrogen-bond acceptors (Lipinski definition) is 2. The van der Waals surface area contributed by atoms with Crippen LogP contribution >= 0.6 is 0 Å². The molecule has 0 spiro atoms. The van der Waals surface area contributed by atoms with Gasteiger partial charge < -0.3 is 16.0 Å². The molecule has 0 saturated heterocycles. The molecule has 4 nitrogen and oxygen atoms in total. The van der Waals surface area contributed by atoms with E-state index in [1.54, 1.807) is 0 Å². The summed E-state index contributed by atoms with van der Waals surface area (Å²) in [5.74, 6) is 0. The molecule has 0 fully saturated rings. The van der Waals surface area contributed by atoms with Crippen LogP contribution in [0.15, 0.2) is 42.5 Å². The standard InChI is InChI=1S/C20H25N3O/c1-20(2,3)16-5-8-17(9-6-16)22-19(24)23-18-7-4-15-13-21-11-10-14(15)12-18/h4-9,12,21H,10-11,13H2,1-3H3,(H2,22,23,24). The van der Waals surface area contributed by atoms with Crippen LogP contribution in [0, 0.1) is 0 Å². The lowest BCUT2D eigenvalue weighted by Gasteiger charge is -2.19. The molecule has 3 rings (SSSR count). The van der Waals surface area contributed by atoms with E-state index in [-0.39, 0.29) is 11.4 Å². The van der Waals surface area contributed by atoms with Gasteiger partial charge in [0.1, 0.15) is 0 Å². The molecule has 126 valence electrons. The van der Waals surface area contributed by atoms with Gasteiger partial charge in [-0.05, 0) is 59.3 Å². The van der Waals surface area contributed by atoms with E-state index in [9.17, 15) is 4.79 Å². The quantitative estimate of drug-likeness (QED) is 0.773. The second-order valence-corrected chi connectivity index (χ2v) is 7.32. The van der Waals surface area contributed by atoms with Crippen LogP contribution in [0.4, 0.5) is 16.2 Å². The monoisotopic (exact) mass is 323 g/mol. The van der Waals surface area contributed by atoms with Crippen LogP contribution in [0.1, 0.15) is 37.5 Å².